The molecule has 0 bridgehead atoms. The van der Waals surface area contributed by atoms with Gasteiger partial charge in [0.2, 0.25) is 0 Å². The number of hydrogen-bond donors (Lipinski definition) is 0. The predicted molar refractivity (Wildman–Crippen MR) is 136 cm³/mol. The van der Waals surface area contributed by atoms with E-state index in [-0.39, 0.29) is 17.5 Å². The van der Waals surface area contributed by atoms with E-state index >= 15 is 4.39 Å². The van der Waals surface area contributed by atoms with Crippen LogP contribution in [0.5, 0.6) is 11.8 Å². The molecule has 0 aliphatic rings. The van der Waals surface area contributed by atoms with Crippen LogP contribution in [0.1, 0.15) is 32.5 Å². The molecule has 0 amide bonds. The third-order valence-electron chi connectivity index (χ3n) is 5.99. The third kappa shape index (κ3) is 3.85. The van der Waals surface area contributed by atoms with Gasteiger partial charge in [0.05, 0.1) is 11.4 Å². The quantitative estimate of drug-likeness (QED) is 0.310. The zero-order valence-corrected chi connectivity index (χ0v) is 20.1. The highest BCUT2D eigenvalue weighted by molar-refractivity contribution is 6.05. The van der Waals surface area contributed by atoms with Crippen LogP contribution >= 0.6 is 0 Å². The van der Waals surface area contributed by atoms with Crippen molar-refractivity contribution in [1.29, 1.82) is 0 Å². The van der Waals surface area contributed by atoms with E-state index in [1.807, 2.05) is 38.5 Å². The van der Waals surface area contributed by atoms with Gasteiger partial charge in [-0.15, -0.1) is 6.42 Å². The number of ether oxygens (including phenoxy) is 1. The van der Waals surface area contributed by atoms with Crippen molar-refractivity contribution in [2.45, 2.75) is 27.6 Å². The minimum atomic E-state index is -2.45. The Morgan fingerprint density at radius 3 is 2.58 bits per heavy atom. The number of aryl methyl sites for hydroxylation is 5. The van der Waals surface area contributed by atoms with E-state index in [0.717, 1.165) is 39.2 Å². The molecule has 0 N–H and O–H groups in total. The van der Waals surface area contributed by atoms with Crippen molar-refractivity contribution in [3.8, 4) is 46.5 Å². The van der Waals surface area contributed by atoms with Gasteiger partial charge in [-0.05, 0) is 63.0 Å². The van der Waals surface area contributed by atoms with Gasteiger partial charge in [-0.1, -0.05) is 12.0 Å². The third-order valence-corrected chi connectivity index (χ3v) is 5.99. The van der Waals surface area contributed by atoms with Crippen molar-refractivity contribution < 1.29 is 13.2 Å². The van der Waals surface area contributed by atoms with Crippen LogP contribution in [0.2, 0.25) is 0 Å². The fourth-order valence-electron chi connectivity index (χ4n) is 4.46. The van der Waals surface area contributed by atoms with Crippen LogP contribution in [0.15, 0.2) is 42.9 Å². The van der Waals surface area contributed by atoms with Crippen LogP contribution in [0.25, 0.3) is 33.4 Å². The number of terminal acetylenes is 1. The van der Waals surface area contributed by atoms with E-state index in [1.54, 1.807) is 6.07 Å². The maximum Gasteiger partial charge on any atom is 0.322 e. The molecule has 0 atom stereocenters. The van der Waals surface area contributed by atoms with Gasteiger partial charge in [0, 0.05) is 45.3 Å². The Labute approximate surface area is 212 Å². The minimum Gasteiger partial charge on any atom is -0.421 e. The number of halogens is 1. The second kappa shape index (κ2) is 8.86. The summed E-state index contributed by atoms with van der Waals surface area (Å²) >= 11 is 0. The molecule has 0 radical (unpaired) electrons. The Kier molecular flexibility index (Phi) is 4.83. The first kappa shape index (κ1) is 19.6. The molecule has 0 saturated carbocycles. The molecule has 5 aromatic rings. The van der Waals surface area contributed by atoms with Gasteiger partial charge < -0.3 is 9.30 Å². The lowest BCUT2D eigenvalue weighted by molar-refractivity contribution is 0.410. The fraction of sp³-hybridized carbons (Fsp3) is 0.179. The highest BCUT2D eigenvalue weighted by atomic mass is 19.1. The molecule has 5 rings (SSSR count). The van der Waals surface area contributed by atoms with Crippen LogP contribution in [-0.2, 0) is 7.05 Å². The molecule has 0 spiro atoms. The number of pyridine rings is 1. The van der Waals surface area contributed by atoms with E-state index in [2.05, 4.69) is 30.8 Å². The molecular formula is C28H23FN6O. The summed E-state index contributed by atoms with van der Waals surface area (Å²) < 4.78 is 45.6. The summed E-state index contributed by atoms with van der Waals surface area (Å²) in [5.74, 6) is 1.76. The SMILES string of the molecule is [2H]C([2H])([2H])c1ccnc(Oc2ccc(-c3c(-c4c(C)cc(C#C)nc4C)n(C)c4ncnc(C)c34)cc2F)n1. The summed E-state index contributed by atoms with van der Waals surface area (Å²) in [7, 11) is 1.89. The molecule has 0 aliphatic heterocycles. The Morgan fingerprint density at radius 2 is 1.86 bits per heavy atom. The van der Waals surface area contributed by atoms with E-state index in [0.29, 0.717) is 16.9 Å². The summed E-state index contributed by atoms with van der Waals surface area (Å²) in [6, 6.07) is 7.36. The van der Waals surface area contributed by atoms with Crippen molar-refractivity contribution in [2.24, 2.45) is 7.05 Å². The van der Waals surface area contributed by atoms with E-state index in [4.69, 9.17) is 15.3 Å². The number of rotatable bonds is 4. The normalized spacial score (nSPS) is 12.6. The smallest absolute Gasteiger partial charge is 0.322 e. The first-order valence-electron chi connectivity index (χ1n) is 12.6. The monoisotopic (exact) mass is 481 g/mol. The second-order valence-corrected chi connectivity index (χ2v) is 8.34. The largest absolute Gasteiger partial charge is 0.421 e. The number of benzene rings is 1. The van der Waals surface area contributed by atoms with Crippen LogP contribution in [0.3, 0.4) is 0 Å². The van der Waals surface area contributed by atoms with Gasteiger partial charge in [-0.2, -0.15) is 0 Å². The maximum absolute atomic E-state index is 15.5. The maximum atomic E-state index is 15.5. The fourth-order valence-corrected chi connectivity index (χ4v) is 4.46. The Hall–Kier alpha value is -4.64. The van der Waals surface area contributed by atoms with Crippen molar-refractivity contribution in [3.05, 3.63) is 77.0 Å². The van der Waals surface area contributed by atoms with Crippen LogP contribution in [0.4, 0.5) is 4.39 Å². The van der Waals surface area contributed by atoms with Gasteiger partial charge in [0.1, 0.15) is 17.7 Å². The minimum absolute atomic E-state index is 0.149. The van der Waals surface area contributed by atoms with E-state index < -0.39 is 12.7 Å². The molecule has 0 aliphatic carbocycles. The van der Waals surface area contributed by atoms with E-state index in [9.17, 15) is 0 Å². The highest BCUT2D eigenvalue weighted by Crippen LogP contribution is 2.43. The summed E-state index contributed by atoms with van der Waals surface area (Å²) in [6.45, 7) is 3.27. The van der Waals surface area contributed by atoms with E-state index in [1.165, 1.54) is 30.7 Å². The lowest BCUT2D eigenvalue weighted by atomic mass is 9.94. The zero-order valence-electron chi connectivity index (χ0n) is 23.1. The van der Waals surface area contributed by atoms with Gasteiger partial charge in [0.15, 0.2) is 11.6 Å². The number of nitrogens with zero attached hydrogens (tertiary/aromatic N) is 6. The van der Waals surface area contributed by atoms with Crippen molar-refractivity contribution >= 4 is 11.0 Å². The number of hydrogen-bond acceptors (Lipinski definition) is 6. The molecule has 1 aromatic carbocycles. The summed E-state index contributed by atoms with van der Waals surface area (Å²) in [5, 5.41) is 0.775. The Bertz CT molecular complexity index is 1780. The Balaban J connectivity index is 1.68. The number of aromatic nitrogens is 6. The van der Waals surface area contributed by atoms with Gasteiger partial charge >= 0.3 is 6.01 Å². The van der Waals surface area contributed by atoms with Gasteiger partial charge in [0.25, 0.3) is 0 Å². The van der Waals surface area contributed by atoms with Crippen molar-refractivity contribution in [2.75, 3.05) is 0 Å². The topological polar surface area (TPSA) is 78.6 Å². The first-order chi connectivity index (χ1) is 18.5. The van der Waals surface area contributed by atoms with Crippen LogP contribution in [-0.4, -0.2) is 29.5 Å². The second-order valence-electron chi connectivity index (χ2n) is 8.34. The van der Waals surface area contributed by atoms with Crippen LogP contribution in [0, 0.1) is 45.8 Å². The van der Waals surface area contributed by atoms with Gasteiger partial charge in [-0.3, -0.25) is 0 Å². The predicted octanol–water partition coefficient (Wildman–Crippen LogP) is 5.63. The average Bonchev–Trinajstić information content (AvgIpc) is 3.17. The molecule has 4 aromatic heterocycles. The van der Waals surface area contributed by atoms with Gasteiger partial charge in [-0.25, -0.2) is 29.3 Å². The van der Waals surface area contributed by atoms with Crippen LogP contribution < -0.4 is 4.74 Å². The Morgan fingerprint density at radius 1 is 1.03 bits per heavy atom. The lowest BCUT2D eigenvalue weighted by Crippen LogP contribution is -2.01. The molecule has 178 valence electrons. The molecule has 8 heteroatoms. The summed E-state index contributed by atoms with van der Waals surface area (Å²) in [5.41, 5.74) is 6.35. The lowest BCUT2D eigenvalue weighted by Gasteiger charge is -2.15. The molecule has 0 fully saturated rings. The molecule has 7 nitrogen and oxygen atoms in total. The van der Waals surface area contributed by atoms with Crippen molar-refractivity contribution in [3.63, 3.8) is 0 Å². The summed E-state index contributed by atoms with van der Waals surface area (Å²) in [4.78, 5) is 21.3. The molecule has 0 unspecified atom stereocenters. The standard InChI is InChI=1S/C28H23FN6O/c1-7-20-12-15(2)23(18(5)34-20)26-25(24-17(4)31-14-32-27(24)35(26)6)19-8-9-22(21(29)13-19)36-28-30-11-10-16(3)33-28/h1,8-14H,2-6H3/i3D3. The molecule has 0 saturated heterocycles. The summed E-state index contributed by atoms with van der Waals surface area (Å²) in [6.07, 6.45) is 8.35. The molecular weight excluding hydrogens is 455 g/mol. The van der Waals surface area contributed by atoms with Crippen molar-refractivity contribution in [1.82, 2.24) is 29.5 Å². The average molecular weight is 482 g/mol. The number of fused-ring (bicyclic) bond motifs is 1. The molecule has 4 heterocycles. The first-order valence-corrected chi connectivity index (χ1v) is 11.1. The molecule has 36 heavy (non-hydrogen) atoms. The zero-order chi connectivity index (χ0) is 28.1. The highest BCUT2D eigenvalue weighted by Gasteiger charge is 2.25.